The Morgan fingerprint density at radius 2 is 1.97 bits per heavy atom. The first-order chi connectivity index (χ1) is 14.1. The average Bonchev–Trinajstić information content (AvgIpc) is 3.32. The zero-order valence-corrected chi connectivity index (χ0v) is 17.0. The van der Waals surface area contributed by atoms with E-state index >= 15 is 0 Å². The third-order valence-corrected chi connectivity index (χ3v) is 6.29. The first-order valence-corrected chi connectivity index (χ1v) is 10.6. The molecule has 0 fully saturated rings. The molecular formula is C21H17ClN4O2S. The Morgan fingerprint density at radius 3 is 2.79 bits per heavy atom. The molecule has 146 valence electrons. The second-order valence-electron chi connectivity index (χ2n) is 6.90. The summed E-state index contributed by atoms with van der Waals surface area (Å²) in [6.45, 7) is 1.10. The Balaban J connectivity index is 1.52. The first-order valence-electron chi connectivity index (χ1n) is 9.27. The highest BCUT2D eigenvalue weighted by molar-refractivity contribution is 7.99. The summed E-state index contributed by atoms with van der Waals surface area (Å²) in [5.74, 6) is 0.677. The van der Waals surface area contributed by atoms with Gasteiger partial charge < -0.3 is 9.88 Å². The molecule has 0 radical (unpaired) electrons. The van der Waals surface area contributed by atoms with Gasteiger partial charge in [0, 0.05) is 29.3 Å². The van der Waals surface area contributed by atoms with Crippen LogP contribution in [0.3, 0.4) is 0 Å². The van der Waals surface area contributed by atoms with Crippen LogP contribution in [0.15, 0.2) is 58.5 Å². The number of nitrogens with zero attached hydrogens (tertiary/aromatic N) is 3. The summed E-state index contributed by atoms with van der Waals surface area (Å²) in [7, 11) is 0. The van der Waals surface area contributed by atoms with Gasteiger partial charge in [0.2, 0.25) is 5.91 Å². The molecule has 0 saturated carbocycles. The monoisotopic (exact) mass is 424 g/mol. The van der Waals surface area contributed by atoms with Crippen molar-refractivity contribution >= 4 is 51.2 Å². The number of fused-ring (bicyclic) bond motifs is 4. The summed E-state index contributed by atoms with van der Waals surface area (Å²) in [5.41, 5.74) is 2.86. The predicted molar refractivity (Wildman–Crippen MR) is 116 cm³/mol. The molecular weight excluding hydrogens is 408 g/mol. The maximum atomic E-state index is 13.1. The number of hydrogen-bond acceptors (Lipinski definition) is 4. The lowest BCUT2D eigenvalue weighted by molar-refractivity contribution is -0.121. The summed E-state index contributed by atoms with van der Waals surface area (Å²) >= 11 is 7.49. The van der Waals surface area contributed by atoms with Gasteiger partial charge >= 0.3 is 0 Å². The van der Waals surface area contributed by atoms with E-state index in [9.17, 15) is 9.59 Å². The minimum absolute atomic E-state index is 0.0566. The highest BCUT2D eigenvalue weighted by atomic mass is 35.5. The molecule has 0 aliphatic carbocycles. The number of carbonyl (C=O) groups is 1. The van der Waals surface area contributed by atoms with Gasteiger partial charge in [-0.3, -0.25) is 14.2 Å². The zero-order valence-electron chi connectivity index (χ0n) is 15.4. The smallest absolute Gasteiger partial charge is 0.278 e. The number of halogens is 1. The summed E-state index contributed by atoms with van der Waals surface area (Å²) in [5, 5.41) is 5.22. The van der Waals surface area contributed by atoms with Crippen LogP contribution in [0.1, 0.15) is 5.56 Å². The van der Waals surface area contributed by atoms with E-state index in [1.807, 2.05) is 36.4 Å². The van der Waals surface area contributed by atoms with Gasteiger partial charge in [-0.15, -0.1) is 0 Å². The van der Waals surface area contributed by atoms with Crippen molar-refractivity contribution in [2.75, 3.05) is 5.75 Å². The van der Waals surface area contributed by atoms with Gasteiger partial charge in [-0.05, 0) is 23.8 Å². The highest BCUT2D eigenvalue weighted by Crippen LogP contribution is 2.29. The maximum absolute atomic E-state index is 13.1. The molecule has 29 heavy (non-hydrogen) atoms. The van der Waals surface area contributed by atoms with E-state index in [1.165, 1.54) is 0 Å². The normalized spacial score (nSPS) is 13.1. The molecule has 0 unspecified atom stereocenters. The van der Waals surface area contributed by atoms with Gasteiger partial charge in [0.25, 0.3) is 5.56 Å². The number of hydrogen-bond donors (Lipinski definition) is 1. The van der Waals surface area contributed by atoms with Crippen molar-refractivity contribution in [2.24, 2.45) is 0 Å². The van der Waals surface area contributed by atoms with E-state index in [2.05, 4.69) is 5.32 Å². The van der Waals surface area contributed by atoms with Gasteiger partial charge in [0.05, 0.1) is 5.52 Å². The Labute approximate surface area is 175 Å². The molecule has 6 nitrogen and oxygen atoms in total. The van der Waals surface area contributed by atoms with E-state index in [1.54, 1.807) is 33.0 Å². The summed E-state index contributed by atoms with van der Waals surface area (Å²) in [6.07, 6.45) is 0. The zero-order chi connectivity index (χ0) is 20.0. The van der Waals surface area contributed by atoms with E-state index in [-0.39, 0.29) is 18.0 Å². The molecule has 1 amide bonds. The van der Waals surface area contributed by atoms with Gasteiger partial charge in [-0.25, -0.2) is 4.98 Å². The number of thioether (sulfide) groups is 1. The minimum atomic E-state index is -0.165. The number of para-hydroxylation sites is 1. The fourth-order valence-electron chi connectivity index (χ4n) is 3.69. The van der Waals surface area contributed by atoms with Crippen LogP contribution in [-0.2, 0) is 24.4 Å². The van der Waals surface area contributed by atoms with Gasteiger partial charge in [0.1, 0.15) is 17.6 Å². The molecule has 1 aliphatic heterocycles. The lowest BCUT2D eigenvalue weighted by atomic mass is 10.2. The topological polar surface area (TPSA) is 68.9 Å². The molecule has 0 spiro atoms. The summed E-state index contributed by atoms with van der Waals surface area (Å²) in [4.78, 5) is 30.6. The number of carbonyl (C=O) groups excluding carboxylic acids is 1. The van der Waals surface area contributed by atoms with E-state index in [0.717, 1.165) is 27.4 Å². The van der Waals surface area contributed by atoms with Crippen LogP contribution in [0.2, 0.25) is 5.02 Å². The van der Waals surface area contributed by atoms with Crippen molar-refractivity contribution in [2.45, 2.75) is 24.8 Å². The SMILES string of the molecule is O=C(Cn1c2ccccc2c2nc3n(c(=O)c21)CCS3)NCc1ccc(Cl)cc1. The Morgan fingerprint density at radius 1 is 1.17 bits per heavy atom. The highest BCUT2D eigenvalue weighted by Gasteiger charge is 2.23. The van der Waals surface area contributed by atoms with E-state index in [0.29, 0.717) is 29.1 Å². The summed E-state index contributed by atoms with van der Waals surface area (Å²) < 4.78 is 3.49. The predicted octanol–water partition coefficient (Wildman–Crippen LogP) is 3.43. The largest absolute Gasteiger partial charge is 0.350 e. The van der Waals surface area contributed by atoms with E-state index in [4.69, 9.17) is 16.6 Å². The third-order valence-electron chi connectivity index (χ3n) is 5.08. The van der Waals surface area contributed by atoms with Crippen LogP contribution in [0.25, 0.3) is 21.9 Å². The minimum Gasteiger partial charge on any atom is -0.350 e. The first kappa shape index (κ1) is 18.3. The number of benzene rings is 2. The summed E-state index contributed by atoms with van der Waals surface area (Å²) in [6, 6.07) is 15.0. The fraction of sp³-hybridized carbons (Fsp3) is 0.190. The third kappa shape index (κ3) is 3.20. The van der Waals surface area contributed by atoms with Crippen molar-refractivity contribution in [1.29, 1.82) is 0 Å². The van der Waals surface area contributed by atoms with Crippen LogP contribution in [-0.4, -0.2) is 25.8 Å². The van der Waals surface area contributed by atoms with Crippen molar-refractivity contribution in [3.63, 3.8) is 0 Å². The van der Waals surface area contributed by atoms with Crippen LogP contribution >= 0.6 is 23.4 Å². The van der Waals surface area contributed by atoms with Crippen LogP contribution in [0.4, 0.5) is 0 Å². The van der Waals surface area contributed by atoms with Crippen LogP contribution in [0, 0.1) is 0 Å². The molecule has 5 rings (SSSR count). The lowest BCUT2D eigenvalue weighted by Gasteiger charge is -2.09. The standard InChI is InChI=1S/C21H17ClN4O2S/c22-14-7-5-13(6-8-14)11-23-17(27)12-26-16-4-2-1-3-15(16)18-19(26)20(28)25-9-10-29-21(25)24-18/h1-8H,9-12H2,(H,23,27). The number of aromatic nitrogens is 3. The molecule has 3 heterocycles. The number of nitrogens with one attached hydrogen (secondary N) is 1. The second-order valence-corrected chi connectivity index (χ2v) is 8.40. The molecule has 8 heteroatoms. The van der Waals surface area contributed by atoms with Gasteiger partial charge in [-0.1, -0.05) is 53.7 Å². The van der Waals surface area contributed by atoms with Crippen LogP contribution in [0.5, 0.6) is 0 Å². The Bertz CT molecular complexity index is 1310. The molecule has 0 bridgehead atoms. The van der Waals surface area contributed by atoms with Crippen molar-refractivity contribution < 1.29 is 4.79 Å². The van der Waals surface area contributed by atoms with Crippen LogP contribution < -0.4 is 10.9 Å². The number of rotatable bonds is 4. The molecule has 2 aromatic carbocycles. The second kappa shape index (κ2) is 7.24. The van der Waals surface area contributed by atoms with Gasteiger partial charge in [-0.2, -0.15) is 0 Å². The fourth-order valence-corrected chi connectivity index (χ4v) is 4.76. The van der Waals surface area contributed by atoms with Crippen molar-refractivity contribution in [3.8, 4) is 0 Å². The molecule has 2 aromatic heterocycles. The maximum Gasteiger partial charge on any atom is 0.278 e. The Kier molecular flexibility index (Phi) is 4.56. The molecule has 0 atom stereocenters. The van der Waals surface area contributed by atoms with Crippen molar-refractivity contribution in [3.05, 3.63) is 69.5 Å². The number of amides is 1. The molecule has 1 aliphatic rings. The van der Waals surface area contributed by atoms with E-state index < -0.39 is 0 Å². The lowest BCUT2D eigenvalue weighted by Crippen LogP contribution is -2.29. The quantitative estimate of drug-likeness (QED) is 0.509. The Hall–Kier alpha value is -2.77. The molecule has 4 aromatic rings. The average molecular weight is 425 g/mol. The van der Waals surface area contributed by atoms with Crippen molar-refractivity contribution in [1.82, 2.24) is 19.4 Å². The van der Waals surface area contributed by atoms with Gasteiger partial charge in [0.15, 0.2) is 5.16 Å². The molecule has 1 N–H and O–H groups in total. The molecule has 0 saturated heterocycles.